The summed E-state index contributed by atoms with van der Waals surface area (Å²) in [5.74, 6) is -1.12. The standard InChI is InChI=1S/C11H11F2N3/c1-7(16-9-5-14-15-6-9)10-3-2-8(12)4-11(10)13/h2-7,16H,1H3,(H,14,15). The highest BCUT2D eigenvalue weighted by molar-refractivity contribution is 5.41. The predicted octanol–water partition coefficient (Wildman–Crippen LogP) is 2.86. The molecule has 0 fully saturated rings. The van der Waals surface area contributed by atoms with Crippen molar-refractivity contribution in [3.05, 3.63) is 47.8 Å². The Morgan fingerprint density at radius 3 is 2.81 bits per heavy atom. The highest BCUT2D eigenvalue weighted by atomic mass is 19.1. The van der Waals surface area contributed by atoms with Gasteiger partial charge >= 0.3 is 0 Å². The van der Waals surface area contributed by atoms with Crippen molar-refractivity contribution < 1.29 is 8.78 Å². The van der Waals surface area contributed by atoms with Gasteiger partial charge in [0.15, 0.2) is 0 Å². The van der Waals surface area contributed by atoms with Gasteiger partial charge in [-0.1, -0.05) is 6.07 Å². The number of H-pyrrole nitrogens is 1. The number of benzene rings is 1. The molecule has 2 N–H and O–H groups in total. The molecule has 1 aromatic carbocycles. The van der Waals surface area contributed by atoms with E-state index in [1.807, 2.05) is 0 Å². The van der Waals surface area contributed by atoms with Crippen molar-refractivity contribution in [3.63, 3.8) is 0 Å². The van der Waals surface area contributed by atoms with Crippen molar-refractivity contribution in [3.8, 4) is 0 Å². The summed E-state index contributed by atoms with van der Waals surface area (Å²) in [6, 6.07) is 3.30. The fourth-order valence-corrected chi connectivity index (χ4v) is 1.51. The Morgan fingerprint density at radius 1 is 1.38 bits per heavy atom. The first-order valence-corrected chi connectivity index (χ1v) is 4.87. The maximum atomic E-state index is 13.4. The third-order valence-corrected chi connectivity index (χ3v) is 2.31. The topological polar surface area (TPSA) is 40.7 Å². The lowest BCUT2D eigenvalue weighted by Crippen LogP contribution is -2.08. The number of nitrogens with zero attached hydrogens (tertiary/aromatic N) is 1. The van der Waals surface area contributed by atoms with E-state index in [2.05, 4.69) is 15.5 Å². The maximum absolute atomic E-state index is 13.4. The fourth-order valence-electron chi connectivity index (χ4n) is 1.51. The van der Waals surface area contributed by atoms with Gasteiger partial charge in [0, 0.05) is 17.8 Å². The molecule has 1 unspecified atom stereocenters. The summed E-state index contributed by atoms with van der Waals surface area (Å²) >= 11 is 0. The van der Waals surface area contributed by atoms with Crippen LogP contribution in [0.4, 0.5) is 14.5 Å². The van der Waals surface area contributed by atoms with Gasteiger partial charge in [0.25, 0.3) is 0 Å². The number of halogens is 2. The zero-order chi connectivity index (χ0) is 11.5. The first kappa shape index (κ1) is 10.6. The highest BCUT2D eigenvalue weighted by Crippen LogP contribution is 2.21. The minimum Gasteiger partial charge on any atom is -0.376 e. The molecule has 0 saturated carbocycles. The van der Waals surface area contributed by atoms with Crippen LogP contribution >= 0.6 is 0 Å². The normalized spacial score (nSPS) is 12.4. The summed E-state index contributed by atoms with van der Waals surface area (Å²) < 4.78 is 26.1. The Balaban J connectivity index is 2.17. The summed E-state index contributed by atoms with van der Waals surface area (Å²) in [6.45, 7) is 1.79. The van der Waals surface area contributed by atoms with Crippen LogP contribution in [-0.4, -0.2) is 10.2 Å². The van der Waals surface area contributed by atoms with Gasteiger partial charge in [0.05, 0.1) is 17.9 Å². The quantitative estimate of drug-likeness (QED) is 0.840. The van der Waals surface area contributed by atoms with Crippen LogP contribution in [0.2, 0.25) is 0 Å². The maximum Gasteiger partial charge on any atom is 0.131 e. The molecule has 0 aliphatic heterocycles. The molecular weight excluding hydrogens is 212 g/mol. The molecule has 2 rings (SSSR count). The van der Waals surface area contributed by atoms with Crippen LogP contribution in [0.15, 0.2) is 30.6 Å². The third kappa shape index (κ3) is 2.18. The molecule has 0 spiro atoms. The minimum atomic E-state index is -0.572. The Kier molecular flexibility index (Phi) is 2.85. The van der Waals surface area contributed by atoms with Gasteiger partial charge in [-0.25, -0.2) is 8.78 Å². The zero-order valence-electron chi connectivity index (χ0n) is 8.67. The van der Waals surface area contributed by atoms with E-state index in [1.165, 1.54) is 12.1 Å². The molecule has 1 atom stereocenters. The van der Waals surface area contributed by atoms with Crippen molar-refractivity contribution in [2.24, 2.45) is 0 Å². The molecule has 84 valence electrons. The molecular formula is C11H11F2N3. The van der Waals surface area contributed by atoms with E-state index in [4.69, 9.17) is 0 Å². The average molecular weight is 223 g/mol. The number of aromatic nitrogens is 2. The van der Waals surface area contributed by atoms with E-state index in [0.717, 1.165) is 11.8 Å². The fraction of sp³-hybridized carbons (Fsp3) is 0.182. The van der Waals surface area contributed by atoms with Crippen molar-refractivity contribution in [1.29, 1.82) is 0 Å². The van der Waals surface area contributed by atoms with Gasteiger partial charge in [-0.3, -0.25) is 5.10 Å². The largest absolute Gasteiger partial charge is 0.376 e. The van der Waals surface area contributed by atoms with Gasteiger partial charge in [0.2, 0.25) is 0 Å². The molecule has 0 radical (unpaired) electrons. The highest BCUT2D eigenvalue weighted by Gasteiger charge is 2.11. The first-order chi connectivity index (χ1) is 7.66. The van der Waals surface area contributed by atoms with Gasteiger partial charge in [-0.2, -0.15) is 5.10 Å². The van der Waals surface area contributed by atoms with E-state index in [1.54, 1.807) is 19.3 Å². The van der Waals surface area contributed by atoms with Crippen LogP contribution in [0.5, 0.6) is 0 Å². The lowest BCUT2D eigenvalue weighted by Gasteiger charge is -2.14. The Labute approximate surface area is 91.5 Å². The van der Waals surface area contributed by atoms with E-state index in [-0.39, 0.29) is 6.04 Å². The predicted molar refractivity (Wildman–Crippen MR) is 57.0 cm³/mol. The molecule has 0 saturated heterocycles. The Bertz CT molecular complexity index is 468. The number of hydrogen-bond donors (Lipinski definition) is 2. The lowest BCUT2D eigenvalue weighted by atomic mass is 10.1. The van der Waals surface area contributed by atoms with Crippen molar-refractivity contribution in [2.75, 3.05) is 5.32 Å². The Morgan fingerprint density at radius 2 is 2.19 bits per heavy atom. The molecule has 16 heavy (non-hydrogen) atoms. The van der Waals surface area contributed by atoms with Crippen LogP contribution in [-0.2, 0) is 0 Å². The average Bonchev–Trinajstić information content (AvgIpc) is 2.70. The summed E-state index contributed by atoms with van der Waals surface area (Å²) in [6.07, 6.45) is 3.26. The van der Waals surface area contributed by atoms with Crippen molar-refractivity contribution in [1.82, 2.24) is 10.2 Å². The first-order valence-electron chi connectivity index (χ1n) is 4.87. The number of nitrogens with one attached hydrogen (secondary N) is 2. The lowest BCUT2D eigenvalue weighted by molar-refractivity contribution is 0.566. The van der Waals surface area contributed by atoms with Crippen LogP contribution in [0.25, 0.3) is 0 Å². The van der Waals surface area contributed by atoms with E-state index < -0.39 is 11.6 Å². The second kappa shape index (κ2) is 4.30. The molecule has 0 bridgehead atoms. The summed E-state index contributed by atoms with van der Waals surface area (Å²) in [5, 5.41) is 9.45. The molecule has 3 nitrogen and oxygen atoms in total. The molecule has 1 heterocycles. The number of anilines is 1. The van der Waals surface area contributed by atoms with Gasteiger partial charge < -0.3 is 5.32 Å². The molecule has 2 aromatic rings. The second-order valence-electron chi connectivity index (χ2n) is 3.52. The third-order valence-electron chi connectivity index (χ3n) is 2.31. The minimum absolute atomic E-state index is 0.252. The number of aromatic amines is 1. The number of hydrogen-bond acceptors (Lipinski definition) is 2. The molecule has 1 aromatic heterocycles. The van der Waals surface area contributed by atoms with E-state index in [9.17, 15) is 8.78 Å². The van der Waals surface area contributed by atoms with Crippen LogP contribution in [0.1, 0.15) is 18.5 Å². The molecule has 0 aliphatic carbocycles. The van der Waals surface area contributed by atoms with E-state index >= 15 is 0 Å². The molecule has 0 aliphatic rings. The van der Waals surface area contributed by atoms with E-state index in [0.29, 0.717) is 5.56 Å². The monoisotopic (exact) mass is 223 g/mol. The summed E-state index contributed by atoms with van der Waals surface area (Å²) in [7, 11) is 0. The van der Waals surface area contributed by atoms with Crippen LogP contribution in [0.3, 0.4) is 0 Å². The van der Waals surface area contributed by atoms with Gasteiger partial charge in [-0.05, 0) is 13.0 Å². The van der Waals surface area contributed by atoms with Gasteiger partial charge in [-0.15, -0.1) is 0 Å². The zero-order valence-corrected chi connectivity index (χ0v) is 8.67. The molecule has 5 heteroatoms. The van der Waals surface area contributed by atoms with Crippen molar-refractivity contribution in [2.45, 2.75) is 13.0 Å². The molecule has 0 amide bonds. The summed E-state index contributed by atoms with van der Waals surface area (Å²) in [4.78, 5) is 0. The van der Waals surface area contributed by atoms with Crippen LogP contribution < -0.4 is 5.32 Å². The number of rotatable bonds is 3. The Hall–Kier alpha value is -1.91. The van der Waals surface area contributed by atoms with Gasteiger partial charge in [0.1, 0.15) is 11.6 Å². The second-order valence-corrected chi connectivity index (χ2v) is 3.52. The van der Waals surface area contributed by atoms with Crippen molar-refractivity contribution >= 4 is 5.69 Å². The van der Waals surface area contributed by atoms with Crippen LogP contribution in [0, 0.1) is 11.6 Å². The summed E-state index contributed by atoms with van der Waals surface area (Å²) in [5.41, 5.74) is 1.18. The SMILES string of the molecule is CC(Nc1cn[nH]c1)c1ccc(F)cc1F. The smallest absolute Gasteiger partial charge is 0.131 e.